The number of nitrogens with one attached hydrogen (secondary N) is 1. The van der Waals surface area contributed by atoms with Crippen LogP contribution in [0.4, 0.5) is 0 Å². The van der Waals surface area contributed by atoms with E-state index >= 15 is 0 Å². The van der Waals surface area contributed by atoms with Crippen LogP contribution in [0.2, 0.25) is 0 Å². The van der Waals surface area contributed by atoms with Crippen molar-refractivity contribution in [2.45, 2.75) is 71.4 Å². The molecule has 7 rings (SSSR count). The van der Waals surface area contributed by atoms with Crippen molar-refractivity contribution in [2.75, 3.05) is 0 Å². The molecule has 0 saturated heterocycles. The zero-order valence-electron chi connectivity index (χ0n) is 19.1. The predicted molar refractivity (Wildman–Crippen MR) is 129 cm³/mol. The Balaban J connectivity index is 1.30. The quantitative estimate of drug-likeness (QED) is 0.595. The first-order chi connectivity index (χ1) is 15.3. The summed E-state index contributed by atoms with van der Waals surface area (Å²) in [6.45, 7) is 5.92. The topological polar surface area (TPSA) is 64.0 Å². The molecule has 6 heteroatoms. The highest BCUT2D eigenvalue weighted by atomic mass is 32.1. The van der Waals surface area contributed by atoms with Gasteiger partial charge in [0.05, 0.1) is 15.8 Å². The lowest BCUT2D eigenvalue weighted by molar-refractivity contribution is -0.129. The first-order valence-electron chi connectivity index (χ1n) is 12.1. The lowest BCUT2D eigenvalue weighted by atomic mass is 9.48. The predicted octanol–water partition coefficient (Wildman–Crippen LogP) is 5.20. The fourth-order valence-electron chi connectivity index (χ4n) is 7.45. The average molecular weight is 450 g/mol. The fourth-order valence-corrected chi connectivity index (χ4v) is 8.58. The Kier molecular flexibility index (Phi) is 4.55. The van der Waals surface area contributed by atoms with Crippen LogP contribution in [0.5, 0.6) is 0 Å². The summed E-state index contributed by atoms with van der Waals surface area (Å²) < 4.78 is 3.40. The Bertz CT molecular complexity index is 1250. The zero-order chi connectivity index (χ0) is 22.2. The van der Waals surface area contributed by atoms with Gasteiger partial charge in [0.2, 0.25) is 5.91 Å². The average Bonchev–Trinajstić information content (AvgIpc) is 3.15. The van der Waals surface area contributed by atoms with Crippen molar-refractivity contribution in [3.05, 3.63) is 40.3 Å². The Labute approximate surface area is 192 Å². The number of aryl methyl sites for hydroxylation is 1. The highest BCUT2D eigenvalue weighted by molar-refractivity contribution is 7.26. The van der Waals surface area contributed by atoms with Crippen LogP contribution in [0.1, 0.15) is 64.1 Å². The van der Waals surface area contributed by atoms with Gasteiger partial charge < -0.3 is 5.32 Å². The van der Waals surface area contributed by atoms with Gasteiger partial charge in [0.1, 0.15) is 6.04 Å². The van der Waals surface area contributed by atoms with Gasteiger partial charge in [-0.2, -0.15) is 5.10 Å². The van der Waals surface area contributed by atoms with E-state index < -0.39 is 6.04 Å². The van der Waals surface area contributed by atoms with E-state index in [2.05, 4.69) is 17.3 Å². The summed E-state index contributed by atoms with van der Waals surface area (Å²) in [5.41, 5.74) is 0.870. The number of amides is 1. The van der Waals surface area contributed by atoms with Crippen molar-refractivity contribution in [1.82, 2.24) is 15.1 Å². The van der Waals surface area contributed by atoms with E-state index in [1.54, 1.807) is 18.3 Å². The Hall–Kier alpha value is -2.21. The summed E-state index contributed by atoms with van der Waals surface area (Å²) in [6.07, 6.45) is 7.92. The van der Waals surface area contributed by atoms with Crippen LogP contribution >= 0.6 is 11.3 Å². The smallest absolute Gasteiger partial charge is 0.276 e. The summed E-state index contributed by atoms with van der Waals surface area (Å²) in [5.74, 6) is 2.44. The highest BCUT2D eigenvalue weighted by Gasteiger charge is 2.53. The molecule has 4 bridgehead atoms. The van der Waals surface area contributed by atoms with Crippen LogP contribution < -0.4 is 10.9 Å². The molecule has 4 aliphatic carbocycles. The molecule has 3 aromatic rings. The van der Waals surface area contributed by atoms with Crippen molar-refractivity contribution >= 4 is 37.4 Å². The Morgan fingerprint density at radius 2 is 1.75 bits per heavy atom. The number of aromatic nitrogens is 2. The molecule has 0 unspecified atom stereocenters. The SMILES string of the molecule is Cc1nn([C@@H](C)C(=O)N[C@@H](C)C23CC4CC(CC(C4)C2)C3)c(=O)c2c1sc1ccccc12. The number of thiophene rings is 1. The lowest BCUT2D eigenvalue weighted by Crippen LogP contribution is -2.56. The van der Waals surface area contributed by atoms with E-state index in [-0.39, 0.29) is 22.9 Å². The molecule has 0 radical (unpaired) electrons. The zero-order valence-corrected chi connectivity index (χ0v) is 19.9. The van der Waals surface area contributed by atoms with E-state index in [0.29, 0.717) is 5.39 Å². The minimum Gasteiger partial charge on any atom is -0.351 e. The molecule has 2 atom stereocenters. The summed E-state index contributed by atoms with van der Waals surface area (Å²) in [7, 11) is 0. The third-order valence-corrected chi connectivity index (χ3v) is 9.99. The number of fused-ring (bicyclic) bond motifs is 3. The molecule has 0 aliphatic heterocycles. The van der Waals surface area contributed by atoms with Crippen molar-refractivity contribution in [1.29, 1.82) is 0 Å². The van der Waals surface area contributed by atoms with E-state index in [9.17, 15) is 9.59 Å². The van der Waals surface area contributed by atoms with Crippen LogP contribution in [0, 0.1) is 30.1 Å². The maximum absolute atomic E-state index is 13.4. The van der Waals surface area contributed by atoms with Gasteiger partial charge in [0, 0.05) is 16.1 Å². The molecule has 1 aromatic carbocycles. The molecular weight excluding hydrogens is 418 g/mol. The summed E-state index contributed by atoms with van der Waals surface area (Å²) in [4.78, 5) is 26.8. The minimum absolute atomic E-state index is 0.0962. The molecule has 2 heterocycles. The molecule has 1 amide bonds. The van der Waals surface area contributed by atoms with Gasteiger partial charge in [0.25, 0.3) is 5.56 Å². The molecule has 1 N–H and O–H groups in total. The summed E-state index contributed by atoms with van der Waals surface area (Å²) in [5, 5.41) is 9.53. The lowest BCUT2D eigenvalue weighted by Gasteiger charge is -2.59. The van der Waals surface area contributed by atoms with Gasteiger partial charge >= 0.3 is 0 Å². The van der Waals surface area contributed by atoms with Crippen molar-refractivity contribution in [2.24, 2.45) is 23.2 Å². The van der Waals surface area contributed by atoms with Crippen LogP contribution in [0.15, 0.2) is 29.1 Å². The van der Waals surface area contributed by atoms with Crippen molar-refractivity contribution in [3.8, 4) is 0 Å². The van der Waals surface area contributed by atoms with Gasteiger partial charge in [-0.25, -0.2) is 4.68 Å². The largest absolute Gasteiger partial charge is 0.351 e. The summed E-state index contributed by atoms with van der Waals surface area (Å²) >= 11 is 1.60. The van der Waals surface area contributed by atoms with Crippen LogP contribution in [0.3, 0.4) is 0 Å². The molecule has 4 fully saturated rings. The number of rotatable bonds is 4. The maximum atomic E-state index is 13.4. The van der Waals surface area contributed by atoms with E-state index in [0.717, 1.165) is 38.2 Å². The number of benzene rings is 1. The fraction of sp³-hybridized carbons (Fsp3) is 0.577. The first-order valence-corrected chi connectivity index (χ1v) is 12.9. The number of nitrogens with zero attached hydrogens (tertiary/aromatic N) is 2. The minimum atomic E-state index is -0.638. The van der Waals surface area contributed by atoms with Crippen LogP contribution in [0.25, 0.3) is 20.2 Å². The van der Waals surface area contributed by atoms with Crippen LogP contribution in [-0.2, 0) is 4.79 Å². The molecule has 4 aliphatic rings. The van der Waals surface area contributed by atoms with Gasteiger partial charge in [-0.3, -0.25) is 9.59 Å². The van der Waals surface area contributed by atoms with Crippen LogP contribution in [-0.4, -0.2) is 21.7 Å². The van der Waals surface area contributed by atoms with E-state index in [1.807, 2.05) is 31.2 Å². The summed E-state index contributed by atoms with van der Waals surface area (Å²) in [6, 6.07) is 7.46. The molecule has 5 nitrogen and oxygen atoms in total. The second-order valence-corrected chi connectivity index (χ2v) is 11.9. The van der Waals surface area contributed by atoms with Gasteiger partial charge in [-0.1, -0.05) is 18.2 Å². The third-order valence-electron chi connectivity index (χ3n) is 8.71. The first kappa shape index (κ1) is 20.4. The molecular formula is C26H31N3O2S. The third kappa shape index (κ3) is 2.98. The Morgan fingerprint density at radius 1 is 1.12 bits per heavy atom. The van der Waals surface area contributed by atoms with Gasteiger partial charge in [-0.15, -0.1) is 11.3 Å². The number of carbonyl (C=O) groups excluding carboxylic acids is 1. The monoisotopic (exact) mass is 449 g/mol. The second-order valence-electron chi connectivity index (χ2n) is 10.8. The molecule has 2 aromatic heterocycles. The van der Waals surface area contributed by atoms with Gasteiger partial charge in [0.15, 0.2) is 0 Å². The standard InChI is InChI=1S/C26H31N3O2S/c1-14-23-22(20-6-4-5-7-21(20)32-23)25(31)29(28-14)15(2)24(30)27-16(3)26-11-17-8-18(12-26)10-19(9-17)13-26/h4-7,15-19H,8-13H2,1-3H3,(H,27,30)/t15-,16-,17?,18?,19?,26?/m0/s1. The highest BCUT2D eigenvalue weighted by Crippen LogP contribution is 2.61. The van der Waals surface area contributed by atoms with Gasteiger partial charge in [-0.05, 0) is 88.5 Å². The molecule has 32 heavy (non-hydrogen) atoms. The Morgan fingerprint density at radius 3 is 2.41 bits per heavy atom. The molecule has 0 spiro atoms. The van der Waals surface area contributed by atoms with E-state index in [1.165, 1.54) is 43.2 Å². The normalized spacial score (nSPS) is 30.7. The second kappa shape index (κ2) is 7.14. The molecule has 4 saturated carbocycles. The number of hydrogen-bond donors (Lipinski definition) is 1. The maximum Gasteiger partial charge on any atom is 0.276 e. The number of carbonyl (C=O) groups is 1. The number of hydrogen-bond acceptors (Lipinski definition) is 4. The van der Waals surface area contributed by atoms with Crippen molar-refractivity contribution in [3.63, 3.8) is 0 Å². The van der Waals surface area contributed by atoms with E-state index in [4.69, 9.17) is 0 Å². The molecule has 168 valence electrons. The van der Waals surface area contributed by atoms with Crippen molar-refractivity contribution < 1.29 is 4.79 Å².